The van der Waals surface area contributed by atoms with E-state index in [2.05, 4.69) is 6.42 Å². The Morgan fingerprint density at radius 2 is 0.564 bits per heavy atom. The first-order valence-corrected chi connectivity index (χ1v) is 21.4. The molecule has 1 atom stereocenters. The minimum atomic E-state index is 0. The van der Waals surface area contributed by atoms with Crippen molar-refractivity contribution in [3.05, 3.63) is 6.42 Å². The normalized spacial score (nSPS) is 29.5. The predicted octanol–water partition coefficient (Wildman–Crippen LogP) is 12.7. The van der Waals surface area contributed by atoms with Crippen LogP contribution in [0.4, 0.5) is 0 Å². The smallest absolute Gasteiger partial charge is 0 e. The van der Waals surface area contributed by atoms with E-state index in [1.807, 2.05) is 0 Å². The van der Waals surface area contributed by atoms with Gasteiger partial charge < -0.3 is 6.42 Å². The van der Waals surface area contributed by atoms with E-state index in [0.717, 1.165) is 5.66 Å². The van der Waals surface area contributed by atoms with E-state index in [9.17, 15) is 0 Å². The maximum Gasteiger partial charge on any atom is 0 e. The first kappa shape index (κ1) is 33.4. The molecule has 0 N–H and O–H groups in total. The van der Waals surface area contributed by atoms with Crippen LogP contribution in [0.2, 0.25) is 0 Å². The summed E-state index contributed by atoms with van der Waals surface area (Å²) in [5.41, 5.74) is 7.04. The van der Waals surface area contributed by atoms with Gasteiger partial charge in [-0.2, -0.15) is 12.8 Å². The molecule has 6 fully saturated rings. The van der Waals surface area contributed by atoms with Crippen LogP contribution in [-0.4, -0.2) is 34.0 Å². The first-order valence-electron chi connectivity index (χ1n) is 18.3. The summed E-state index contributed by atoms with van der Waals surface area (Å²) < 4.78 is 0. The van der Waals surface area contributed by atoms with E-state index < -0.39 is 0 Å². The van der Waals surface area contributed by atoms with E-state index in [4.69, 9.17) is 0 Å². The van der Waals surface area contributed by atoms with Crippen molar-refractivity contribution in [1.29, 1.82) is 0 Å². The molecule has 0 aromatic heterocycles. The van der Waals surface area contributed by atoms with Crippen LogP contribution in [0.5, 0.6) is 0 Å². The maximum atomic E-state index is 2.63. The Kier molecular flexibility index (Phi) is 16.3. The van der Waals surface area contributed by atoms with Crippen LogP contribution in [0, 0.1) is 6.42 Å². The third kappa shape index (κ3) is 10.3. The van der Waals surface area contributed by atoms with Crippen LogP contribution in [-0.2, 0) is 20.4 Å². The molecule has 0 amide bonds. The van der Waals surface area contributed by atoms with Gasteiger partial charge in [-0.25, -0.2) is 0 Å². The molecule has 6 aliphatic carbocycles. The molecule has 0 spiro atoms. The predicted molar refractivity (Wildman–Crippen MR) is 175 cm³/mol. The zero-order valence-corrected chi connectivity index (χ0v) is 29.1. The number of hydrogen-bond donors (Lipinski definition) is 0. The monoisotopic (exact) mass is 665 g/mol. The van der Waals surface area contributed by atoms with Crippen molar-refractivity contribution in [3.63, 3.8) is 0 Å². The molecule has 0 aromatic carbocycles. The van der Waals surface area contributed by atoms with Crippen LogP contribution in [0.15, 0.2) is 0 Å². The van der Waals surface area contributed by atoms with Crippen molar-refractivity contribution in [2.24, 2.45) is 0 Å². The quantitative estimate of drug-likeness (QED) is 0.150. The van der Waals surface area contributed by atoms with Gasteiger partial charge >= 0.3 is 0 Å². The van der Waals surface area contributed by atoms with Gasteiger partial charge in [-0.05, 0) is 98.2 Å². The van der Waals surface area contributed by atoms with Gasteiger partial charge in [0.2, 0.25) is 0 Å². The van der Waals surface area contributed by atoms with Gasteiger partial charge in [0.25, 0.3) is 0 Å². The average molecular weight is 666 g/mol. The molecule has 3 heteroatoms. The summed E-state index contributed by atoms with van der Waals surface area (Å²) in [7, 11) is 0.738. The van der Waals surface area contributed by atoms with Crippen LogP contribution in [0.25, 0.3) is 0 Å². The Balaban J connectivity index is 0.000000176. The van der Waals surface area contributed by atoms with E-state index in [-0.39, 0.29) is 20.4 Å². The maximum absolute atomic E-state index is 2.63. The number of rotatable bonds is 6. The average Bonchev–Trinajstić information content (AvgIpc) is 3.01. The van der Waals surface area contributed by atoms with Crippen molar-refractivity contribution in [2.75, 3.05) is 0 Å². The molecule has 0 saturated heterocycles. The molecule has 39 heavy (non-hydrogen) atoms. The summed E-state index contributed by atoms with van der Waals surface area (Å²) >= 11 is 0. The second-order valence-corrected chi connectivity index (χ2v) is 20.6. The summed E-state index contributed by atoms with van der Waals surface area (Å²) in [6.45, 7) is 0. The Bertz CT molecular complexity index is 464. The molecular formula is C36H65P2Pd-. The van der Waals surface area contributed by atoms with Gasteiger partial charge in [0.15, 0.2) is 0 Å². The number of hydrogen-bond acceptors (Lipinski definition) is 0. The largest absolute Gasteiger partial charge is 0.328 e. The van der Waals surface area contributed by atoms with Crippen LogP contribution in [0.3, 0.4) is 0 Å². The Morgan fingerprint density at radius 1 is 0.308 bits per heavy atom. The van der Waals surface area contributed by atoms with Crippen LogP contribution >= 0.6 is 15.8 Å². The second-order valence-electron chi connectivity index (χ2n) is 14.5. The molecule has 230 valence electrons. The van der Waals surface area contributed by atoms with Gasteiger partial charge in [-0.3, -0.25) is 0 Å². The first-order chi connectivity index (χ1) is 18.9. The van der Waals surface area contributed by atoms with E-state index >= 15 is 0 Å². The Labute approximate surface area is 261 Å². The fourth-order valence-corrected chi connectivity index (χ4v) is 19.1. The van der Waals surface area contributed by atoms with E-state index in [1.54, 1.807) is 135 Å². The standard InChI is InChI=1S/C18H33P.C18H32P.Pd/c2*1-4-10-16(11-5-1)19(17-12-6-2-7-13-17)18-14-8-3-9-15-18;/h16-18H,1-15H2;4,16-18H,1-3,5-15H2;/q;-1;. The van der Waals surface area contributed by atoms with Gasteiger partial charge in [0.1, 0.15) is 0 Å². The summed E-state index contributed by atoms with van der Waals surface area (Å²) in [5, 5.41) is 0. The molecule has 6 saturated carbocycles. The minimum absolute atomic E-state index is 0. The van der Waals surface area contributed by atoms with Crippen molar-refractivity contribution >= 4 is 15.8 Å². The third-order valence-electron chi connectivity index (χ3n) is 11.8. The van der Waals surface area contributed by atoms with E-state index in [1.165, 1.54) is 79.7 Å². The summed E-state index contributed by atoms with van der Waals surface area (Å²) in [6, 6.07) is 0. The second kappa shape index (κ2) is 19.0. The summed E-state index contributed by atoms with van der Waals surface area (Å²) in [4.78, 5) is 0. The fraction of sp³-hybridized carbons (Fsp3) is 0.972. The SMILES string of the molecule is C1CCC(P(C2CCCCC2)C2CCCCC2)CC1.[CH-]1CCCC(P(C2CCCCC2)C2CCCCC2)C1.[Pd]. The van der Waals surface area contributed by atoms with Crippen LogP contribution in [0.1, 0.15) is 186 Å². The van der Waals surface area contributed by atoms with Gasteiger partial charge in [-0.15, -0.1) is 0 Å². The summed E-state index contributed by atoms with van der Waals surface area (Å²) in [5.74, 6) is 0. The van der Waals surface area contributed by atoms with Gasteiger partial charge in [-0.1, -0.05) is 125 Å². The van der Waals surface area contributed by atoms with Crippen molar-refractivity contribution in [2.45, 2.75) is 220 Å². The molecule has 0 nitrogen and oxygen atoms in total. The molecule has 6 rings (SSSR count). The molecule has 1 unspecified atom stereocenters. The minimum Gasteiger partial charge on any atom is -0.328 e. The molecule has 0 aromatic rings. The molecular weight excluding hydrogens is 601 g/mol. The van der Waals surface area contributed by atoms with Gasteiger partial charge in [0.05, 0.1) is 0 Å². The van der Waals surface area contributed by atoms with Crippen molar-refractivity contribution < 1.29 is 20.4 Å². The summed E-state index contributed by atoms with van der Waals surface area (Å²) in [6.07, 6.45) is 47.9. The van der Waals surface area contributed by atoms with E-state index in [0.29, 0.717) is 15.8 Å². The topological polar surface area (TPSA) is 0 Å². The van der Waals surface area contributed by atoms with Crippen molar-refractivity contribution in [1.82, 2.24) is 0 Å². The molecule has 0 aliphatic heterocycles. The van der Waals surface area contributed by atoms with Gasteiger partial charge in [0, 0.05) is 20.4 Å². The zero-order valence-electron chi connectivity index (χ0n) is 25.8. The van der Waals surface area contributed by atoms with Crippen molar-refractivity contribution in [3.8, 4) is 0 Å². The Morgan fingerprint density at radius 3 is 0.821 bits per heavy atom. The fourth-order valence-electron chi connectivity index (χ4n) is 9.88. The molecule has 0 heterocycles. The molecule has 0 radical (unpaired) electrons. The zero-order chi connectivity index (χ0) is 25.8. The molecule has 6 aliphatic rings. The Hall–Kier alpha value is 1.52. The van der Waals surface area contributed by atoms with Crippen LogP contribution < -0.4 is 0 Å². The third-order valence-corrected chi connectivity index (χ3v) is 19.9. The molecule has 0 bridgehead atoms.